The Hall–Kier alpha value is 0.620. The Labute approximate surface area is 452 Å². The van der Waals surface area contributed by atoms with Crippen molar-refractivity contribution in [3.05, 3.63) is 0 Å². The van der Waals surface area contributed by atoms with Crippen LogP contribution in [0.2, 0.25) is 0 Å². The Balaban J connectivity index is 2.07. The minimum atomic E-state index is -1.59. The Bertz CT molecular complexity index is 1340. The molecule has 2 heterocycles. The van der Waals surface area contributed by atoms with Gasteiger partial charge in [0.2, 0.25) is 0 Å². The van der Waals surface area contributed by atoms with Crippen LogP contribution in [0.3, 0.4) is 0 Å². The van der Waals surface area contributed by atoms with Crippen molar-refractivity contribution >= 4 is 17.2 Å². The zero-order valence-electron chi connectivity index (χ0n) is 51.6. The quantitative estimate of drug-likeness (QED) is 0.0550. The van der Waals surface area contributed by atoms with Crippen molar-refractivity contribution < 1.29 is 27.1 Å². The third-order valence-electron chi connectivity index (χ3n) is 21.2. The van der Waals surface area contributed by atoms with E-state index in [0.717, 1.165) is 38.5 Å². The zero-order chi connectivity index (χ0) is 53.6. The number of hydrogen-bond donors (Lipinski definition) is 0. The van der Waals surface area contributed by atoms with Crippen LogP contribution in [0, 0.1) is 80.8 Å². The van der Waals surface area contributed by atoms with Crippen LogP contribution >= 0.6 is 17.2 Å². The molecule has 4 aliphatic rings. The predicted molar refractivity (Wildman–Crippen MR) is 312 cm³/mol. The summed E-state index contributed by atoms with van der Waals surface area (Å²) in [5, 5.41) is 0. The molecule has 0 radical (unpaired) electrons. The van der Waals surface area contributed by atoms with E-state index < -0.39 is 17.2 Å². The zero-order valence-corrected chi connectivity index (χ0v) is 53.3. The molecule has 16 unspecified atom stereocenters. The molecule has 2 aliphatic carbocycles. The molecule has 426 valence electrons. The van der Waals surface area contributed by atoms with E-state index >= 15 is 0 Å². The van der Waals surface area contributed by atoms with Crippen molar-refractivity contribution in [3.63, 3.8) is 0 Å². The molecule has 72 heavy (non-hydrogen) atoms. The molecule has 2 saturated heterocycles. The van der Waals surface area contributed by atoms with Crippen molar-refractivity contribution in [2.75, 3.05) is 0 Å². The molecule has 16 atom stereocenters. The maximum atomic E-state index is 8.07. The second kappa shape index (κ2) is 30.3. The van der Waals surface area contributed by atoms with Crippen molar-refractivity contribution in [1.82, 2.24) is 0 Å². The van der Waals surface area contributed by atoms with Crippen LogP contribution in [0.15, 0.2) is 0 Å². The molecule has 4 fully saturated rings. The normalized spacial score (nSPS) is 36.8. The first kappa shape index (κ1) is 65.1. The van der Waals surface area contributed by atoms with Crippen LogP contribution in [0.5, 0.6) is 0 Å². The van der Waals surface area contributed by atoms with E-state index in [1.165, 1.54) is 116 Å². The first-order valence-corrected chi connectivity index (χ1v) is 33.8. The molecule has 0 bridgehead atoms. The van der Waals surface area contributed by atoms with Gasteiger partial charge in [0.15, 0.2) is 0 Å². The minimum absolute atomic E-state index is 0.00775. The van der Waals surface area contributed by atoms with Crippen LogP contribution in [0.4, 0.5) is 0 Å². The van der Waals surface area contributed by atoms with Crippen LogP contribution in [-0.2, 0) is 27.1 Å². The Kier molecular flexibility index (Phi) is 27.4. The molecule has 6 nitrogen and oxygen atoms in total. The summed E-state index contributed by atoms with van der Waals surface area (Å²) >= 11 is 0. The van der Waals surface area contributed by atoms with Gasteiger partial charge < -0.3 is 27.1 Å². The largest absolute Gasteiger partial charge is 0.333 e. The second-order valence-corrected chi connectivity index (χ2v) is 30.1. The third-order valence-corrected chi connectivity index (χ3v) is 23.8. The van der Waals surface area contributed by atoms with Gasteiger partial charge in [-0.3, -0.25) is 0 Å². The first-order chi connectivity index (χ1) is 34.0. The fourth-order valence-corrected chi connectivity index (χ4v) is 18.5. The highest BCUT2D eigenvalue weighted by Gasteiger charge is 2.58. The van der Waals surface area contributed by atoms with Crippen molar-refractivity contribution in [2.24, 2.45) is 80.8 Å². The minimum Gasteiger partial charge on any atom is -0.309 e. The van der Waals surface area contributed by atoms with Crippen LogP contribution in [-0.4, -0.2) is 36.6 Å². The standard InChI is InChI=1S/C64H124O6P2/c1-21-29-33-37-61(13,14)49-41-51(59(53(43-49)63(17,18)39-35-31-23-3)69-71-65-55(25-5)45(9)46(10)56(26-6)66-71)52-42-50(62(15,16)38-34-30-22-2)44-54(64(19,20)40-36-32-24-4)60(52)70-72-67-57(27-7)47(11)48(12)58(28-8)68-72/h45-60H,21-44H2,1-20H3. The highest BCUT2D eigenvalue weighted by Crippen LogP contribution is 2.65. The third kappa shape index (κ3) is 17.3. The molecule has 8 heteroatoms. The van der Waals surface area contributed by atoms with E-state index in [4.69, 9.17) is 27.1 Å². The van der Waals surface area contributed by atoms with E-state index in [0.29, 0.717) is 47.3 Å². The molecular formula is C64H124O6P2. The Morgan fingerprint density at radius 1 is 0.361 bits per heavy atom. The van der Waals surface area contributed by atoms with Gasteiger partial charge in [-0.1, -0.05) is 216 Å². The smallest absolute Gasteiger partial charge is 0.309 e. The van der Waals surface area contributed by atoms with Gasteiger partial charge in [0.25, 0.3) is 0 Å². The summed E-state index contributed by atoms with van der Waals surface area (Å²) in [5.74, 6) is 4.03. The maximum Gasteiger partial charge on any atom is 0.333 e. The summed E-state index contributed by atoms with van der Waals surface area (Å²) in [4.78, 5) is 0. The van der Waals surface area contributed by atoms with Crippen molar-refractivity contribution in [1.29, 1.82) is 0 Å². The van der Waals surface area contributed by atoms with Crippen LogP contribution < -0.4 is 0 Å². The highest BCUT2D eigenvalue weighted by molar-refractivity contribution is 7.42. The molecule has 0 aromatic carbocycles. The summed E-state index contributed by atoms with van der Waals surface area (Å²) in [7, 11) is -3.18. The van der Waals surface area contributed by atoms with Crippen molar-refractivity contribution in [2.45, 2.75) is 329 Å². The van der Waals surface area contributed by atoms with E-state index in [1.54, 1.807) is 0 Å². The van der Waals surface area contributed by atoms with E-state index in [1.807, 2.05) is 0 Å². The van der Waals surface area contributed by atoms with Crippen molar-refractivity contribution in [3.8, 4) is 0 Å². The molecule has 2 saturated carbocycles. The summed E-state index contributed by atoms with van der Waals surface area (Å²) in [6.07, 6.45) is 29.4. The molecule has 0 spiro atoms. The first-order valence-electron chi connectivity index (χ1n) is 31.6. The topological polar surface area (TPSA) is 55.4 Å². The van der Waals surface area contributed by atoms with Gasteiger partial charge in [-0.15, -0.1) is 0 Å². The van der Waals surface area contributed by atoms with E-state index in [-0.39, 0.29) is 70.1 Å². The van der Waals surface area contributed by atoms with Gasteiger partial charge in [-0.25, -0.2) is 0 Å². The SMILES string of the molecule is CCCCCC(C)(C)C1CC(C2CC(C(C)(C)CCCCC)CC(C(C)(C)CCCCC)C2OP2OC(CC)C(C)C(C)C(CC)O2)C(OP2OC(CC)C(C)C(C)C(CC)O2)C(C(C)(C)CCCCC)C1. The molecule has 4 rings (SSSR count). The second-order valence-electron chi connectivity index (χ2n) is 27.9. The maximum absolute atomic E-state index is 8.07. The lowest BCUT2D eigenvalue weighted by molar-refractivity contribution is -0.145. The molecular weight excluding hydrogens is 927 g/mol. The predicted octanol–water partition coefficient (Wildman–Crippen LogP) is 21.7. The summed E-state index contributed by atoms with van der Waals surface area (Å²) in [6.45, 7) is 49.4. The summed E-state index contributed by atoms with van der Waals surface area (Å²) < 4.78 is 45.2. The van der Waals surface area contributed by atoms with Gasteiger partial charge in [-0.05, 0) is 158 Å². The van der Waals surface area contributed by atoms with Gasteiger partial charge in [0, 0.05) is 0 Å². The lowest BCUT2D eigenvalue weighted by Crippen LogP contribution is -2.56. The summed E-state index contributed by atoms with van der Waals surface area (Å²) in [6, 6.07) is 0. The number of unbranched alkanes of at least 4 members (excludes halogenated alkanes) is 8. The Morgan fingerprint density at radius 2 is 0.611 bits per heavy atom. The fraction of sp³-hybridized carbons (Fsp3) is 1.00. The fourth-order valence-electron chi connectivity index (χ4n) is 15.0. The molecule has 0 N–H and O–H groups in total. The number of hydrogen-bond acceptors (Lipinski definition) is 6. The average molecular weight is 1050 g/mol. The molecule has 2 aliphatic heterocycles. The van der Waals surface area contributed by atoms with Gasteiger partial charge in [-0.2, -0.15) is 0 Å². The lowest BCUT2D eigenvalue weighted by atomic mass is 9.50. The van der Waals surface area contributed by atoms with E-state index in [2.05, 4.69) is 138 Å². The monoisotopic (exact) mass is 1050 g/mol. The van der Waals surface area contributed by atoms with Gasteiger partial charge in [0.1, 0.15) is 0 Å². The number of rotatable bonds is 29. The molecule has 0 aromatic heterocycles. The lowest BCUT2D eigenvalue weighted by Gasteiger charge is -2.58. The average Bonchev–Trinajstić information content (AvgIpc) is 3.53. The van der Waals surface area contributed by atoms with Gasteiger partial charge in [0.05, 0.1) is 36.6 Å². The summed E-state index contributed by atoms with van der Waals surface area (Å²) in [5.41, 5.74) is 0.554. The highest BCUT2D eigenvalue weighted by atomic mass is 31.2. The van der Waals surface area contributed by atoms with Crippen LogP contribution in [0.1, 0.15) is 293 Å². The van der Waals surface area contributed by atoms with Gasteiger partial charge >= 0.3 is 17.2 Å². The Morgan fingerprint density at radius 3 is 0.847 bits per heavy atom. The molecule has 0 aromatic rings. The van der Waals surface area contributed by atoms with E-state index in [9.17, 15) is 0 Å². The molecule has 0 amide bonds. The van der Waals surface area contributed by atoms with Crippen LogP contribution in [0.25, 0.3) is 0 Å².